The van der Waals surface area contributed by atoms with E-state index >= 15 is 0 Å². The van der Waals surface area contributed by atoms with Crippen LogP contribution in [0.2, 0.25) is 0 Å². The summed E-state index contributed by atoms with van der Waals surface area (Å²) >= 11 is 0. The van der Waals surface area contributed by atoms with E-state index in [0.717, 1.165) is 11.8 Å². The maximum atomic E-state index is 8.36. The molecule has 0 aromatic rings. The smallest absolute Gasteiger partial charge is 0.658 e. The third kappa shape index (κ3) is 10.3. The average Bonchev–Trinajstić information content (AvgIpc) is 2.93. The molecule has 0 spiro atoms. The predicted octanol–water partition coefficient (Wildman–Crippen LogP) is 6.73. The Morgan fingerprint density at radius 2 is 0.976 bits per heavy atom. The first-order valence-electron chi connectivity index (χ1n) is 16.4. The quantitative estimate of drug-likeness (QED) is 0.175. The van der Waals surface area contributed by atoms with Crippen LogP contribution >= 0.6 is 0 Å². The van der Waals surface area contributed by atoms with Gasteiger partial charge in [0, 0.05) is 0 Å². The molecule has 0 amide bonds. The molecule has 6 fully saturated rings. The van der Waals surface area contributed by atoms with E-state index in [4.69, 9.17) is 48.1 Å². The van der Waals surface area contributed by atoms with Gasteiger partial charge in [-0.15, -0.1) is 22.2 Å². The summed E-state index contributed by atoms with van der Waals surface area (Å²) in [5, 5.41) is 33.3. The van der Waals surface area contributed by atoms with Gasteiger partial charge < -0.3 is 37.9 Å². The first-order chi connectivity index (χ1) is 19.2. The number of nitrogens with zero attached hydrogens (tertiary/aromatic N) is 5. The van der Waals surface area contributed by atoms with Gasteiger partial charge in [0.05, 0.1) is 0 Å². The van der Waals surface area contributed by atoms with E-state index < -0.39 is 5.09 Å². The maximum Gasteiger partial charge on any atom is 1.00 e. The van der Waals surface area contributed by atoms with Crippen LogP contribution in [0.4, 0.5) is 0 Å². The molecule has 4 heterocycles. The van der Waals surface area contributed by atoms with Crippen molar-refractivity contribution in [3.8, 4) is 0 Å². The van der Waals surface area contributed by atoms with Crippen molar-refractivity contribution in [3.63, 3.8) is 0 Å². The molecule has 41 heavy (non-hydrogen) atoms. The van der Waals surface area contributed by atoms with E-state index in [1.807, 2.05) is 0 Å². The summed E-state index contributed by atoms with van der Waals surface area (Å²) in [6.45, 7) is 4.50. The van der Waals surface area contributed by atoms with Crippen LogP contribution in [0.3, 0.4) is 0 Å². The first-order valence-corrected chi connectivity index (χ1v) is 16.4. The van der Waals surface area contributed by atoms with Gasteiger partial charge >= 0.3 is 17.1 Å². The van der Waals surface area contributed by atoms with Crippen molar-refractivity contribution in [3.05, 3.63) is 31.4 Å². The third-order valence-electron chi connectivity index (χ3n) is 10.7. The van der Waals surface area contributed by atoms with Crippen molar-refractivity contribution in [2.75, 3.05) is 0 Å². The molecule has 6 aliphatic rings. The molecule has 10 nitrogen and oxygen atoms in total. The molecule has 5 N–H and O–H groups in total. The van der Waals surface area contributed by atoms with Crippen LogP contribution in [0.1, 0.15) is 117 Å². The minimum Gasteiger partial charge on any atom is -0.658 e. The minimum atomic E-state index is -1.50. The topological polar surface area (TPSA) is 172 Å². The monoisotopic (exact) mass is 624 g/mol. The SMILES string of the molecule is CC1CCCC(C2CC3CCCCC3C(N)[N-]2)[N-]1.CC1CCCC(C2CC3CCCCC3C(N)[N-]2)[N-]1.O=[N+]([O-])O.[Cu+]. The van der Waals surface area contributed by atoms with Crippen LogP contribution < -0.4 is 11.5 Å². The molecule has 0 bridgehead atoms. The molecule has 4 aliphatic heterocycles. The number of piperidine rings is 4. The van der Waals surface area contributed by atoms with Crippen LogP contribution in [0.25, 0.3) is 21.3 Å². The second-order valence-electron chi connectivity index (χ2n) is 13.5. The molecule has 12 unspecified atom stereocenters. The number of hydrogen-bond donors (Lipinski definition) is 3. The Morgan fingerprint density at radius 3 is 1.34 bits per heavy atom. The largest absolute Gasteiger partial charge is 1.00 e. The summed E-state index contributed by atoms with van der Waals surface area (Å²) in [6, 6.07) is 2.90. The molecule has 2 saturated carbocycles. The summed E-state index contributed by atoms with van der Waals surface area (Å²) in [5.41, 5.74) is 12.6. The van der Waals surface area contributed by atoms with Crippen LogP contribution in [0, 0.1) is 33.8 Å². The van der Waals surface area contributed by atoms with E-state index in [0.29, 0.717) is 48.1 Å². The Kier molecular flexibility index (Phi) is 14.6. The zero-order valence-electron chi connectivity index (χ0n) is 25.2. The average molecular weight is 625 g/mol. The van der Waals surface area contributed by atoms with E-state index in [2.05, 4.69) is 13.8 Å². The number of rotatable bonds is 2. The molecular weight excluding hydrogens is 570 g/mol. The minimum absolute atomic E-state index is 0. The summed E-state index contributed by atoms with van der Waals surface area (Å²) in [6.07, 6.45) is 21.3. The van der Waals surface area contributed by atoms with Crippen molar-refractivity contribution in [2.24, 2.45) is 35.1 Å². The first kappa shape index (κ1) is 35.0. The van der Waals surface area contributed by atoms with Gasteiger partial charge in [-0.1, -0.05) is 129 Å². The molecule has 0 aromatic heterocycles. The van der Waals surface area contributed by atoms with Crippen LogP contribution in [-0.2, 0) is 17.1 Å². The van der Waals surface area contributed by atoms with Crippen molar-refractivity contribution < 1.29 is 27.4 Å². The summed E-state index contributed by atoms with van der Waals surface area (Å²) in [5.74, 6) is 3.03. The number of nitrogens with two attached hydrogens (primary N) is 2. The molecule has 6 rings (SSSR count). The Hall–Kier alpha value is -0.521. The maximum absolute atomic E-state index is 8.36. The van der Waals surface area contributed by atoms with Gasteiger partial charge in [-0.3, -0.25) is 0 Å². The zero-order chi connectivity index (χ0) is 28.6. The van der Waals surface area contributed by atoms with E-state index in [9.17, 15) is 0 Å². The molecule has 11 heteroatoms. The third-order valence-corrected chi connectivity index (χ3v) is 10.7. The molecule has 0 radical (unpaired) electrons. The Morgan fingerprint density at radius 1 is 0.610 bits per heavy atom. The zero-order valence-corrected chi connectivity index (χ0v) is 26.1. The van der Waals surface area contributed by atoms with Crippen LogP contribution in [-0.4, -0.2) is 58.9 Å². The van der Waals surface area contributed by atoms with E-state index in [1.54, 1.807) is 0 Å². The molecule has 0 aromatic carbocycles. The molecule has 12 atom stereocenters. The van der Waals surface area contributed by atoms with E-state index in [1.165, 1.54) is 103 Å². The normalized spacial score (nSPS) is 44.2. The number of fused-ring (bicyclic) bond motifs is 2. The van der Waals surface area contributed by atoms with Gasteiger partial charge in [-0.2, -0.15) is 24.2 Å². The fourth-order valence-corrected chi connectivity index (χ4v) is 8.66. The molecule has 242 valence electrons. The molecule has 4 saturated heterocycles. The Balaban J connectivity index is 0.000000196. The van der Waals surface area contributed by atoms with Crippen molar-refractivity contribution >= 4 is 0 Å². The van der Waals surface area contributed by atoms with Crippen LogP contribution in [0.5, 0.6) is 0 Å². The van der Waals surface area contributed by atoms with Crippen LogP contribution in [0.15, 0.2) is 0 Å². The second kappa shape index (κ2) is 17.1. The van der Waals surface area contributed by atoms with Gasteiger partial charge in [-0.05, 0) is 23.7 Å². The van der Waals surface area contributed by atoms with Gasteiger partial charge in [0.25, 0.3) is 5.09 Å². The summed E-state index contributed by atoms with van der Waals surface area (Å²) in [4.78, 5) is 8.36. The van der Waals surface area contributed by atoms with Gasteiger partial charge in [0.2, 0.25) is 0 Å². The number of hydrogen-bond acceptors (Lipinski definition) is 4. The molecule has 2 aliphatic carbocycles. The molecular formula is C30H55CuN7O3-3. The van der Waals surface area contributed by atoms with Gasteiger partial charge in [0.15, 0.2) is 0 Å². The van der Waals surface area contributed by atoms with Gasteiger partial charge in [-0.25, -0.2) is 0 Å². The van der Waals surface area contributed by atoms with Crippen molar-refractivity contribution in [1.29, 1.82) is 0 Å². The Labute approximate surface area is 258 Å². The summed E-state index contributed by atoms with van der Waals surface area (Å²) < 4.78 is 0. The Bertz CT molecular complexity index is 722. The fraction of sp³-hybridized carbons (Fsp3) is 1.00. The summed E-state index contributed by atoms with van der Waals surface area (Å²) in [7, 11) is 0. The predicted molar refractivity (Wildman–Crippen MR) is 160 cm³/mol. The van der Waals surface area contributed by atoms with Crippen molar-refractivity contribution in [1.82, 2.24) is 0 Å². The second-order valence-corrected chi connectivity index (χ2v) is 13.5. The van der Waals surface area contributed by atoms with E-state index in [-0.39, 0.29) is 29.4 Å². The standard InChI is InChI=1S/2C15H27N3.Cu.HNO3/c2*1-10-5-4-8-13(17-10)14-9-11-6-2-3-7-12(11)15(16)18-14;;2-1(3)4/h2*10-15H,2-9,16H2,1H3;;(H,2,3,4)/q2*-2;+1;. The van der Waals surface area contributed by atoms with Crippen molar-refractivity contribution in [2.45, 2.75) is 165 Å². The fourth-order valence-electron chi connectivity index (χ4n) is 8.66. The van der Waals surface area contributed by atoms with Gasteiger partial charge in [0.1, 0.15) is 0 Å².